The molecule has 100 valence electrons. The van der Waals surface area contributed by atoms with Crippen LogP contribution < -0.4 is 5.32 Å². The lowest BCUT2D eigenvalue weighted by molar-refractivity contribution is 0.0278. The van der Waals surface area contributed by atoms with E-state index >= 15 is 0 Å². The van der Waals surface area contributed by atoms with E-state index in [-0.39, 0.29) is 6.10 Å². The number of ether oxygens (including phenoxy) is 1. The van der Waals surface area contributed by atoms with Crippen LogP contribution in [0.2, 0.25) is 0 Å². The second kappa shape index (κ2) is 5.27. The SMILES string of the molecule is CC(C)c1cncc2cc(C3CNCCO3)ccc12. The molecule has 3 rings (SSSR count). The van der Waals surface area contributed by atoms with Gasteiger partial charge in [0.15, 0.2) is 0 Å². The lowest BCUT2D eigenvalue weighted by Gasteiger charge is -2.24. The van der Waals surface area contributed by atoms with Crippen LogP contribution in [0.5, 0.6) is 0 Å². The molecule has 19 heavy (non-hydrogen) atoms. The van der Waals surface area contributed by atoms with Gasteiger partial charge in [-0.25, -0.2) is 0 Å². The molecular formula is C16H20N2O. The Hall–Kier alpha value is -1.45. The van der Waals surface area contributed by atoms with E-state index in [4.69, 9.17) is 4.74 Å². The van der Waals surface area contributed by atoms with Crippen LogP contribution in [0.15, 0.2) is 30.6 Å². The Morgan fingerprint density at radius 3 is 2.95 bits per heavy atom. The Morgan fingerprint density at radius 1 is 1.32 bits per heavy atom. The first-order valence-electron chi connectivity index (χ1n) is 6.95. The first-order valence-corrected chi connectivity index (χ1v) is 6.95. The summed E-state index contributed by atoms with van der Waals surface area (Å²) in [6.07, 6.45) is 4.09. The molecule has 1 aromatic carbocycles. The van der Waals surface area contributed by atoms with Crippen LogP contribution in [-0.2, 0) is 4.74 Å². The minimum Gasteiger partial charge on any atom is -0.371 e. The highest BCUT2D eigenvalue weighted by Gasteiger charge is 2.16. The second-order valence-electron chi connectivity index (χ2n) is 5.43. The third kappa shape index (κ3) is 2.48. The molecule has 1 aliphatic heterocycles. The lowest BCUT2D eigenvalue weighted by Crippen LogP contribution is -2.33. The van der Waals surface area contributed by atoms with Crippen molar-refractivity contribution in [2.75, 3.05) is 19.7 Å². The largest absolute Gasteiger partial charge is 0.371 e. The van der Waals surface area contributed by atoms with E-state index < -0.39 is 0 Å². The summed E-state index contributed by atoms with van der Waals surface area (Å²) in [5.74, 6) is 0.495. The first kappa shape index (κ1) is 12.6. The Balaban J connectivity index is 2.01. The number of aromatic nitrogens is 1. The summed E-state index contributed by atoms with van der Waals surface area (Å²) >= 11 is 0. The number of morpholine rings is 1. The number of fused-ring (bicyclic) bond motifs is 1. The van der Waals surface area contributed by atoms with Crippen LogP contribution in [-0.4, -0.2) is 24.7 Å². The number of hydrogen-bond acceptors (Lipinski definition) is 3. The molecule has 3 heteroatoms. The van der Waals surface area contributed by atoms with Gasteiger partial charge in [-0.1, -0.05) is 26.0 Å². The van der Waals surface area contributed by atoms with Crippen molar-refractivity contribution in [1.82, 2.24) is 10.3 Å². The van der Waals surface area contributed by atoms with Crippen molar-refractivity contribution in [1.29, 1.82) is 0 Å². The summed E-state index contributed by atoms with van der Waals surface area (Å²) in [6, 6.07) is 6.61. The molecule has 1 atom stereocenters. The van der Waals surface area contributed by atoms with Gasteiger partial charge in [0.25, 0.3) is 0 Å². The van der Waals surface area contributed by atoms with E-state index in [1.807, 2.05) is 12.4 Å². The van der Waals surface area contributed by atoms with Gasteiger partial charge < -0.3 is 10.1 Å². The van der Waals surface area contributed by atoms with Crippen LogP contribution in [0, 0.1) is 0 Å². The molecule has 0 aliphatic carbocycles. The van der Waals surface area contributed by atoms with Gasteiger partial charge in [0, 0.05) is 30.9 Å². The normalized spacial score (nSPS) is 20.1. The van der Waals surface area contributed by atoms with Gasteiger partial charge >= 0.3 is 0 Å². The summed E-state index contributed by atoms with van der Waals surface area (Å²) in [5.41, 5.74) is 2.55. The third-order valence-corrected chi connectivity index (χ3v) is 3.74. The summed E-state index contributed by atoms with van der Waals surface area (Å²) in [5, 5.41) is 5.88. The molecule has 0 spiro atoms. The monoisotopic (exact) mass is 256 g/mol. The van der Waals surface area contributed by atoms with E-state index in [2.05, 4.69) is 42.3 Å². The maximum Gasteiger partial charge on any atom is 0.0950 e. The van der Waals surface area contributed by atoms with Gasteiger partial charge in [-0.3, -0.25) is 4.98 Å². The summed E-state index contributed by atoms with van der Waals surface area (Å²) in [7, 11) is 0. The molecule has 1 unspecified atom stereocenters. The average molecular weight is 256 g/mol. The molecule has 1 N–H and O–H groups in total. The smallest absolute Gasteiger partial charge is 0.0950 e. The molecule has 1 aromatic heterocycles. The predicted molar refractivity (Wildman–Crippen MR) is 77.4 cm³/mol. The van der Waals surface area contributed by atoms with Gasteiger partial charge in [0.05, 0.1) is 12.7 Å². The van der Waals surface area contributed by atoms with Gasteiger partial charge in [-0.05, 0) is 28.5 Å². The van der Waals surface area contributed by atoms with Gasteiger partial charge in [0.1, 0.15) is 0 Å². The summed E-state index contributed by atoms with van der Waals surface area (Å²) < 4.78 is 5.81. The topological polar surface area (TPSA) is 34.2 Å². The van der Waals surface area contributed by atoms with Crippen molar-refractivity contribution in [3.63, 3.8) is 0 Å². The summed E-state index contributed by atoms with van der Waals surface area (Å²) in [6.45, 7) is 7.04. The fourth-order valence-corrected chi connectivity index (χ4v) is 2.66. The van der Waals surface area contributed by atoms with E-state index in [1.165, 1.54) is 21.9 Å². The average Bonchev–Trinajstić information content (AvgIpc) is 2.47. The van der Waals surface area contributed by atoms with Crippen LogP contribution in [0.4, 0.5) is 0 Å². The van der Waals surface area contributed by atoms with Gasteiger partial charge in [-0.15, -0.1) is 0 Å². The molecule has 1 aliphatic rings. The van der Waals surface area contributed by atoms with Crippen molar-refractivity contribution < 1.29 is 4.74 Å². The van der Waals surface area contributed by atoms with E-state index in [0.29, 0.717) is 5.92 Å². The molecule has 1 saturated heterocycles. The van der Waals surface area contributed by atoms with Crippen molar-refractivity contribution in [2.24, 2.45) is 0 Å². The highest BCUT2D eigenvalue weighted by molar-refractivity contribution is 5.85. The minimum absolute atomic E-state index is 0.167. The first-order chi connectivity index (χ1) is 9.25. The van der Waals surface area contributed by atoms with Crippen LogP contribution in [0.25, 0.3) is 10.8 Å². The van der Waals surface area contributed by atoms with Crippen LogP contribution in [0.3, 0.4) is 0 Å². The second-order valence-corrected chi connectivity index (χ2v) is 5.43. The number of rotatable bonds is 2. The molecule has 3 nitrogen and oxygen atoms in total. The highest BCUT2D eigenvalue weighted by atomic mass is 16.5. The van der Waals surface area contributed by atoms with Crippen LogP contribution in [0.1, 0.15) is 37.0 Å². The van der Waals surface area contributed by atoms with Crippen molar-refractivity contribution in [2.45, 2.75) is 25.9 Å². The molecule has 0 radical (unpaired) electrons. The zero-order chi connectivity index (χ0) is 13.2. The number of pyridine rings is 1. The molecule has 0 bridgehead atoms. The van der Waals surface area contributed by atoms with E-state index in [9.17, 15) is 0 Å². The minimum atomic E-state index is 0.167. The fraction of sp³-hybridized carbons (Fsp3) is 0.438. The van der Waals surface area contributed by atoms with Gasteiger partial charge in [0.2, 0.25) is 0 Å². The Morgan fingerprint density at radius 2 is 2.21 bits per heavy atom. The van der Waals surface area contributed by atoms with Crippen molar-refractivity contribution >= 4 is 10.8 Å². The maximum absolute atomic E-state index is 5.81. The number of benzene rings is 1. The van der Waals surface area contributed by atoms with E-state index in [1.54, 1.807) is 0 Å². The van der Waals surface area contributed by atoms with Crippen molar-refractivity contribution in [3.05, 3.63) is 41.7 Å². The zero-order valence-electron chi connectivity index (χ0n) is 11.5. The third-order valence-electron chi connectivity index (χ3n) is 3.74. The number of nitrogens with one attached hydrogen (secondary N) is 1. The molecule has 0 amide bonds. The molecule has 2 heterocycles. The number of nitrogens with zero attached hydrogens (tertiary/aromatic N) is 1. The lowest BCUT2D eigenvalue weighted by atomic mass is 9.96. The van der Waals surface area contributed by atoms with Crippen molar-refractivity contribution in [3.8, 4) is 0 Å². The molecular weight excluding hydrogens is 236 g/mol. The zero-order valence-corrected chi connectivity index (χ0v) is 11.5. The van der Waals surface area contributed by atoms with Gasteiger partial charge in [-0.2, -0.15) is 0 Å². The standard InChI is InChI=1S/C16H20N2O/c1-11(2)15-9-18-8-13-7-12(3-4-14(13)15)16-10-17-5-6-19-16/h3-4,7-9,11,16-17H,5-6,10H2,1-2H3. The predicted octanol–water partition coefficient (Wildman–Crippen LogP) is 3.02. The molecule has 0 saturated carbocycles. The molecule has 1 fully saturated rings. The maximum atomic E-state index is 5.81. The summed E-state index contributed by atoms with van der Waals surface area (Å²) in [4.78, 5) is 4.36. The Labute approximate surface area is 114 Å². The Bertz CT molecular complexity index is 574. The van der Waals surface area contributed by atoms with E-state index in [0.717, 1.165) is 19.7 Å². The molecule has 2 aromatic rings. The highest BCUT2D eigenvalue weighted by Crippen LogP contribution is 2.28. The number of hydrogen-bond donors (Lipinski definition) is 1. The quantitative estimate of drug-likeness (QED) is 0.897. The van der Waals surface area contributed by atoms with Crippen LogP contribution >= 0.6 is 0 Å². The Kier molecular flexibility index (Phi) is 3.49. The fourth-order valence-electron chi connectivity index (χ4n) is 2.66.